The van der Waals surface area contributed by atoms with Crippen LogP contribution < -0.4 is 0 Å². The minimum absolute atomic E-state index is 0.876. The Bertz CT molecular complexity index is 222. The molecule has 1 aromatic heterocycles. The van der Waals surface area contributed by atoms with Crippen LogP contribution in [0.5, 0.6) is 0 Å². The molecule has 0 aliphatic rings. The van der Waals surface area contributed by atoms with E-state index < -0.39 is 0 Å². The fourth-order valence-corrected chi connectivity index (χ4v) is 0.797. The van der Waals surface area contributed by atoms with E-state index >= 15 is 0 Å². The summed E-state index contributed by atoms with van der Waals surface area (Å²) in [6.07, 6.45) is 11.4. The van der Waals surface area contributed by atoms with Crippen molar-refractivity contribution < 1.29 is 0 Å². The molecule has 0 amide bonds. The van der Waals surface area contributed by atoms with E-state index in [1.807, 2.05) is 12.3 Å². The van der Waals surface area contributed by atoms with Crippen molar-refractivity contribution in [2.45, 2.75) is 12.8 Å². The van der Waals surface area contributed by atoms with Crippen molar-refractivity contribution in [3.63, 3.8) is 0 Å². The van der Waals surface area contributed by atoms with Crippen LogP contribution in [0.2, 0.25) is 0 Å². The van der Waals surface area contributed by atoms with Gasteiger partial charge in [-0.15, -0.1) is 6.58 Å². The highest BCUT2D eigenvalue weighted by atomic mass is 14.9. The molecule has 1 rings (SSSR count). The monoisotopic (exact) mass is 148 g/mol. The summed E-state index contributed by atoms with van der Waals surface area (Å²) in [7, 11) is 0. The van der Waals surface area contributed by atoms with Crippen molar-refractivity contribution in [2.24, 2.45) is 0 Å². The summed E-state index contributed by atoms with van der Waals surface area (Å²) in [5.41, 5.74) is 0. The summed E-state index contributed by atoms with van der Waals surface area (Å²) in [4.78, 5) is 7.11. The Labute approximate surface area is 66.7 Å². The Morgan fingerprint density at radius 3 is 3.09 bits per heavy atom. The van der Waals surface area contributed by atoms with E-state index in [-0.39, 0.29) is 0 Å². The molecule has 0 bridgehead atoms. The molecule has 58 valence electrons. The fraction of sp³-hybridized carbons (Fsp3) is 0.222. The smallest absolute Gasteiger partial charge is 0.109 e. The van der Waals surface area contributed by atoms with Crippen LogP contribution in [-0.4, -0.2) is 9.97 Å². The molecule has 2 nitrogen and oxygen atoms in total. The number of nitrogens with one attached hydrogen (secondary N) is 1. The molecule has 11 heavy (non-hydrogen) atoms. The predicted molar refractivity (Wildman–Crippen MR) is 46.2 cm³/mol. The Morgan fingerprint density at radius 2 is 2.45 bits per heavy atom. The van der Waals surface area contributed by atoms with Crippen molar-refractivity contribution in [2.75, 3.05) is 0 Å². The van der Waals surface area contributed by atoms with Crippen LogP contribution in [0.3, 0.4) is 0 Å². The zero-order chi connectivity index (χ0) is 7.94. The number of nitrogens with zero attached hydrogens (tertiary/aromatic N) is 1. The van der Waals surface area contributed by atoms with Crippen LogP contribution in [0.15, 0.2) is 37.2 Å². The van der Waals surface area contributed by atoms with Crippen molar-refractivity contribution in [3.05, 3.63) is 43.0 Å². The SMILES string of the molecule is C=CC/C=C/Cc1ncc[nH]1. The number of H-pyrrole nitrogens is 1. The van der Waals surface area contributed by atoms with Gasteiger partial charge in [0.25, 0.3) is 0 Å². The maximum atomic E-state index is 4.08. The lowest BCUT2D eigenvalue weighted by atomic mass is 10.3. The van der Waals surface area contributed by atoms with Gasteiger partial charge in [0.1, 0.15) is 5.82 Å². The summed E-state index contributed by atoms with van der Waals surface area (Å²) < 4.78 is 0. The van der Waals surface area contributed by atoms with E-state index in [0.29, 0.717) is 0 Å². The molecule has 0 atom stereocenters. The van der Waals surface area contributed by atoms with Gasteiger partial charge in [0.05, 0.1) is 0 Å². The first-order chi connectivity index (χ1) is 5.43. The van der Waals surface area contributed by atoms with E-state index in [9.17, 15) is 0 Å². The number of aromatic nitrogens is 2. The van der Waals surface area contributed by atoms with Gasteiger partial charge in [-0.25, -0.2) is 4.98 Å². The molecule has 0 spiro atoms. The Kier molecular flexibility index (Phi) is 3.19. The number of imidazole rings is 1. The first-order valence-corrected chi connectivity index (χ1v) is 3.67. The molecule has 2 heteroatoms. The van der Waals surface area contributed by atoms with Crippen molar-refractivity contribution in [3.8, 4) is 0 Å². The molecule has 0 radical (unpaired) electrons. The Hall–Kier alpha value is -1.31. The van der Waals surface area contributed by atoms with E-state index in [0.717, 1.165) is 18.7 Å². The number of allylic oxidation sites excluding steroid dienone is 3. The summed E-state index contributed by atoms with van der Waals surface area (Å²) in [5, 5.41) is 0. The number of hydrogen-bond acceptors (Lipinski definition) is 1. The molecule has 0 aromatic carbocycles. The minimum Gasteiger partial charge on any atom is -0.348 e. The second-order valence-corrected chi connectivity index (χ2v) is 2.24. The number of aromatic amines is 1. The molecule has 0 saturated carbocycles. The highest BCUT2D eigenvalue weighted by molar-refractivity contribution is 4.98. The first-order valence-electron chi connectivity index (χ1n) is 3.67. The lowest BCUT2D eigenvalue weighted by Crippen LogP contribution is -1.81. The van der Waals surface area contributed by atoms with Gasteiger partial charge in [0.15, 0.2) is 0 Å². The van der Waals surface area contributed by atoms with Crippen molar-refractivity contribution in [1.82, 2.24) is 9.97 Å². The van der Waals surface area contributed by atoms with E-state index in [1.54, 1.807) is 6.20 Å². The highest BCUT2D eigenvalue weighted by Crippen LogP contribution is 1.92. The van der Waals surface area contributed by atoms with Crippen LogP contribution in [0.4, 0.5) is 0 Å². The molecule has 0 saturated heterocycles. The quantitative estimate of drug-likeness (QED) is 0.651. The van der Waals surface area contributed by atoms with Gasteiger partial charge in [0, 0.05) is 18.8 Å². The molecular formula is C9H12N2. The number of rotatable bonds is 4. The lowest BCUT2D eigenvalue weighted by molar-refractivity contribution is 1.05. The minimum atomic E-state index is 0.876. The van der Waals surface area contributed by atoms with Gasteiger partial charge >= 0.3 is 0 Å². The third kappa shape index (κ3) is 2.85. The third-order valence-electron chi connectivity index (χ3n) is 1.34. The maximum absolute atomic E-state index is 4.08. The normalized spacial score (nSPS) is 10.5. The van der Waals surface area contributed by atoms with Crippen LogP contribution in [-0.2, 0) is 6.42 Å². The molecule has 0 aliphatic carbocycles. The fourth-order valence-electron chi connectivity index (χ4n) is 0.797. The number of hydrogen-bond donors (Lipinski definition) is 1. The zero-order valence-corrected chi connectivity index (χ0v) is 6.46. The van der Waals surface area contributed by atoms with Gasteiger partial charge in [-0.1, -0.05) is 18.2 Å². The molecule has 0 unspecified atom stereocenters. The molecular weight excluding hydrogens is 136 g/mol. The topological polar surface area (TPSA) is 28.7 Å². The average Bonchev–Trinajstić information content (AvgIpc) is 2.50. The second kappa shape index (κ2) is 4.50. The summed E-state index contributed by atoms with van der Waals surface area (Å²) >= 11 is 0. The third-order valence-corrected chi connectivity index (χ3v) is 1.34. The molecule has 1 heterocycles. The van der Waals surface area contributed by atoms with Crippen LogP contribution in [0, 0.1) is 0 Å². The van der Waals surface area contributed by atoms with Gasteiger partial charge in [-0.3, -0.25) is 0 Å². The predicted octanol–water partition coefficient (Wildman–Crippen LogP) is 2.08. The van der Waals surface area contributed by atoms with Gasteiger partial charge in [0.2, 0.25) is 0 Å². The van der Waals surface area contributed by atoms with Crippen LogP contribution in [0.25, 0.3) is 0 Å². The Morgan fingerprint density at radius 1 is 1.55 bits per heavy atom. The van der Waals surface area contributed by atoms with Crippen molar-refractivity contribution in [1.29, 1.82) is 0 Å². The first kappa shape index (κ1) is 7.79. The highest BCUT2D eigenvalue weighted by Gasteiger charge is 1.86. The largest absolute Gasteiger partial charge is 0.348 e. The van der Waals surface area contributed by atoms with Gasteiger partial charge in [-0.2, -0.15) is 0 Å². The maximum Gasteiger partial charge on any atom is 0.109 e. The standard InChI is InChI=1S/C9H12N2/c1-2-3-4-5-6-9-10-7-8-11-9/h2,4-5,7-8H,1,3,6H2,(H,10,11)/b5-4+. The van der Waals surface area contributed by atoms with E-state index in [1.165, 1.54) is 0 Å². The lowest BCUT2D eigenvalue weighted by Gasteiger charge is -1.85. The summed E-state index contributed by atoms with van der Waals surface area (Å²) in [6.45, 7) is 3.62. The van der Waals surface area contributed by atoms with Crippen molar-refractivity contribution >= 4 is 0 Å². The second-order valence-electron chi connectivity index (χ2n) is 2.24. The van der Waals surface area contributed by atoms with Gasteiger partial charge in [-0.05, 0) is 6.42 Å². The Balaban J connectivity index is 2.28. The summed E-state index contributed by atoms with van der Waals surface area (Å²) in [5.74, 6) is 1.00. The van der Waals surface area contributed by atoms with E-state index in [2.05, 4.69) is 28.7 Å². The molecule has 1 aromatic rings. The molecule has 1 N–H and O–H groups in total. The van der Waals surface area contributed by atoms with Crippen LogP contribution in [0.1, 0.15) is 12.2 Å². The van der Waals surface area contributed by atoms with E-state index in [4.69, 9.17) is 0 Å². The zero-order valence-electron chi connectivity index (χ0n) is 6.46. The molecule has 0 aliphatic heterocycles. The average molecular weight is 148 g/mol. The van der Waals surface area contributed by atoms with Crippen LogP contribution >= 0.6 is 0 Å². The molecule has 0 fully saturated rings. The van der Waals surface area contributed by atoms with Gasteiger partial charge < -0.3 is 4.98 Å². The summed E-state index contributed by atoms with van der Waals surface area (Å²) in [6, 6.07) is 0.